The maximum absolute atomic E-state index is 12.6. The van der Waals surface area contributed by atoms with E-state index in [1.54, 1.807) is 48.6 Å². The number of benzene rings is 4. The van der Waals surface area contributed by atoms with Crippen molar-refractivity contribution in [1.29, 1.82) is 10.8 Å². The van der Waals surface area contributed by atoms with E-state index in [4.69, 9.17) is 70.1 Å². The molecule has 3 N–H and O–H groups in total. The van der Waals surface area contributed by atoms with Gasteiger partial charge in [0.05, 0.1) is 74.4 Å². The van der Waals surface area contributed by atoms with E-state index in [2.05, 4.69) is 11.8 Å². The second-order valence-electron chi connectivity index (χ2n) is 10.6. The lowest BCUT2D eigenvalue weighted by Crippen LogP contribution is -2.27. The van der Waals surface area contributed by atoms with Crippen LogP contribution < -0.4 is 11.2 Å². The largest absolute Gasteiger partial charge is 0.387 e. The van der Waals surface area contributed by atoms with Crippen LogP contribution in [0.15, 0.2) is 84.9 Å². The fourth-order valence-electron chi connectivity index (χ4n) is 5.34. The number of hydrogen-bond acceptors (Lipinski definition) is 4. The van der Waals surface area contributed by atoms with E-state index in [0.717, 1.165) is 22.1 Å². The van der Waals surface area contributed by atoms with Gasteiger partial charge in [0.15, 0.2) is 5.78 Å². The Bertz CT molecular complexity index is 2370. The van der Waals surface area contributed by atoms with Gasteiger partial charge in [-0.3, -0.25) is 24.7 Å². The number of para-hydroxylation sites is 4. The fourth-order valence-corrected chi connectivity index (χ4v) is 5.94. The Hall–Kier alpha value is -4.67. The molecule has 0 aliphatic carbocycles. The minimum atomic E-state index is -0.820. The molecule has 48 heavy (non-hydrogen) atoms. The minimum absolute atomic E-state index is 0.0227. The van der Waals surface area contributed by atoms with Crippen molar-refractivity contribution in [2.24, 2.45) is 0 Å². The number of ketones is 1. The molecule has 8 nitrogen and oxygen atoms in total. The number of carbonyl (C=O) groups excluding carboxylic acids is 1. The molecule has 0 spiro atoms. The van der Waals surface area contributed by atoms with Crippen LogP contribution >= 0.6 is 46.4 Å². The molecule has 0 amide bonds. The standard InChI is InChI=1S/C18H15Cl2N3O.C18H13Cl2N3O/c2*1-2-9-22-15-5-3-4-6-16(15)23(18(22)21)11-17(24)12-7-8-13(19)14(20)10-12/h1,3-8,10,17,21,24H,9,11H2;1,3-8,10,21H,9,11H2. The Labute approximate surface area is 296 Å². The van der Waals surface area contributed by atoms with Gasteiger partial charge in [0.2, 0.25) is 11.2 Å². The van der Waals surface area contributed by atoms with E-state index in [-0.39, 0.29) is 36.7 Å². The van der Waals surface area contributed by atoms with Crippen LogP contribution in [0, 0.1) is 35.5 Å². The van der Waals surface area contributed by atoms with E-state index >= 15 is 0 Å². The number of aliphatic hydroxyl groups is 1. The molecule has 0 fully saturated rings. The number of terminal acetylenes is 2. The highest BCUT2D eigenvalue weighted by Crippen LogP contribution is 2.27. The average molecular weight is 718 g/mol. The van der Waals surface area contributed by atoms with Crippen LogP contribution in [0.25, 0.3) is 22.1 Å². The van der Waals surface area contributed by atoms with Crippen molar-refractivity contribution in [3.8, 4) is 24.7 Å². The molecule has 1 unspecified atom stereocenters. The average Bonchev–Trinajstić information content (AvgIpc) is 3.49. The van der Waals surface area contributed by atoms with Crippen molar-refractivity contribution in [3.63, 3.8) is 0 Å². The maximum Gasteiger partial charge on any atom is 0.204 e. The summed E-state index contributed by atoms with van der Waals surface area (Å²) in [4.78, 5) is 12.6. The molecule has 12 heteroatoms. The third kappa shape index (κ3) is 7.10. The van der Waals surface area contributed by atoms with Gasteiger partial charge in [0, 0.05) is 5.56 Å². The number of halogens is 4. The van der Waals surface area contributed by atoms with Gasteiger partial charge in [-0.25, -0.2) is 0 Å². The van der Waals surface area contributed by atoms with Gasteiger partial charge in [-0.2, -0.15) is 0 Å². The van der Waals surface area contributed by atoms with Crippen LogP contribution in [0.5, 0.6) is 0 Å². The zero-order valence-corrected chi connectivity index (χ0v) is 28.3. The molecule has 242 valence electrons. The lowest BCUT2D eigenvalue weighted by Gasteiger charge is -2.13. The first kappa shape index (κ1) is 34.7. The third-order valence-corrected chi connectivity index (χ3v) is 9.15. The van der Waals surface area contributed by atoms with Crippen molar-refractivity contribution in [1.82, 2.24) is 18.3 Å². The number of hydrogen-bond donors (Lipinski definition) is 3. The summed E-state index contributed by atoms with van der Waals surface area (Å²) in [5.41, 5.74) is 4.83. The van der Waals surface area contributed by atoms with Crippen molar-refractivity contribution >= 4 is 74.3 Å². The lowest BCUT2D eigenvalue weighted by molar-refractivity contribution is 0.0971. The normalized spacial score (nSPS) is 11.5. The van der Waals surface area contributed by atoms with E-state index < -0.39 is 6.10 Å². The molecule has 0 aliphatic rings. The summed E-state index contributed by atoms with van der Waals surface area (Å²) in [5, 5.41) is 28.8. The Balaban J connectivity index is 0.000000188. The molecule has 1 atom stereocenters. The molecular formula is C36H28Cl4N6O2. The molecule has 6 aromatic rings. The number of fused-ring (bicyclic) bond motifs is 2. The molecule has 4 aromatic carbocycles. The number of nitrogens with one attached hydrogen (secondary N) is 2. The lowest BCUT2D eigenvalue weighted by atomic mass is 10.1. The highest BCUT2D eigenvalue weighted by Gasteiger charge is 2.17. The molecule has 0 saturated carbocycles. The van der Waals surface area contributed by atoms with E-state index in [0.29, 0.717) is 37.8 Å². The minimum Gasteiger partial charge on any atom is -0.387 e. The zero-order chi connectivity index (χ0) is 34.5. The second-order valence-corrected chi connectivity index (χ2v) is 12.3. The summed E-state index contributed by atoms with van der Waals surface area (Å²) in [6, 6.07) is 24.9. The molecule has 2 aromatic heterocycles. The number of aromatic nitrogens is 4. The van der Waals surface area contributed by atoms with Crippen LogP contribution in [0.4, 0.5) is 0 Å². The Morgan fingerprint density at radius 3 is 1.62 bits per heavy atom. The topological polar surface area (TPSA) is 105 Å². The number of carbonyl (C=O) groups is 1. The number of nitrogens with zero attached hydrogens (tertiary/aromatic N) is 4. The number of Topliss-reactive ketones (excluding diaryl/α,β-unsaturated/α-hetero) is 1. The number of imidazole rings is 2. The van der Waals surface area contributed by atoms with Crippen molar-refractivity contribution in [3.05, 3.63) is 127 Å². The van der Waals surface area contributed by atoms with Crippen LogP contribution in [-0.2, 0) is 26.2 Å². The van der Waals surface area contributed by atoms with Crippen molar-refractivity contribution in [2.75, 3.05) is 0 Å². The highest BCUT2D eigenvalue weighted by molar-refractivity contribution is 6.42. The van der Waals surface area contributed by atoms with Crippen LogP contribution in [0.3, 0.4) is 0 Å². The summed E-state index contributed by atoms with van der Waals surface area (Å²) in [7, 11) is 0. The third-order valence-electron chi connectivity index (χ3n) is 7.68. The van der Waals surface area contributed by atoms with Gasteiger partial charge >= 0.3 is 0 Å². The Morgan fingerprint density at radius 1 is 0.667 bits per heavy atom. The summed E-state index contributed by atoms with van der Waals surface area (Å²) >= 11 is 23.8. The van der Waals surface area contributed by atoms with Gasteiger partial charge in [0.1, 0.15) is 0 Å². The smallest absolute Gasteiger partial charge is 0.204 e. The summed E-state index contributed by atoms with van der Waals surface area (Å²) < 4.78 is 6.80. The van der Waals surface area contributed by atoms with E-state index in [9.17, 15) is 9.90 Å². The van der Waals surface area contributed by atoms with Gasteiger partial charge in [-0.1, -0.05) is 88.6 Å². The molecule has 0 bridgehead atoms. The molecule has 2 heterocycles. The Morgan fingerprint density at radius 2 is 1.12 bits per heavy atom. The molecule has 0 saturated heterocycles. The molecular weight excluding hydrogens is 690 g/mol. The number of rotatable bonds is 8. The van der Waals surface area contributed by atoms with Crippen LogP contribution in [-0.4, -0.2) is 29.2 Å². The summed E-state index contributed by atoms with van der Waals surface area (Å²) in [6.07, 6.45) is 9.99. The molecule has 6 rings (SSSR count). The van der Waals surface area contributed by atoms with E-state index in [1.807, 2.05) is 48.5 Å². The van der Waals surface area contributed by atoms with Crippen molar-refractivity contribution < 1.29 is 9.90 Å². The first-order valence-electron chi connectivity index (χ1n) is 14.5. The summed E-state index contributed by atoms with van der Waals surface area (Å²) in [5.74, 6) is 4.95. The first-order chi connectivity index (χ1) is 23.0. The van der Waals surface area contributed by atoms with Gasteiger partial charge in [-0.05, 0) is 60.2 Å². The molecule has 0 aliphatic heterocycles. The number of aliphatic hydroxyl groups excluding tert-OH is 1. The fraction of sp³-hybridized carbons (Fsp3) is 0.139. The quantitative estimate of drug-likeness (QED) is 0.113. The molecule has 0 radical (unpaired) electrons. The Kier molecular flexibility index (Phi) is 10.9. The highest BCUT2D eigenvalue weighted by atomic mass is 35.5. The summed E-state index contributed by atoms with van der Waals surface area (Å²) in [6.45, 7) is 0.812. The van der Waals surface area contributed by atoms with Crippen molar-refractivity contribution in [2.45, 2.75) is 32.3 Å². The predicted octanol–water partition coefficient (Wildman–Crippen LogP) is 7.34. The van der Waals surface area contributed by atoms with Crippen LogP contribution in [0.1, 0.15) is 22.0 Å². The SMILES string of the molecule is C#CCn1c(=N)n(CC(=O)c2ccc(Cl)c(Cl)c2)c2ccccc21.C#CCn1c(=N)n(CC(O)c2ccc(Cl)c(Cl)c2)c2ccccc21. The monoisotopic (exact) mass is 716 g/mol. The van der Waals surface area contributed by atoms with Crippen LogP contribution in [0.2, 0.25) is 20.1 Å². The van der Waals surface area contributed by atoms with Gasteiger partial charge < -0.3 is 14.2 Å². The van der Waals surface area contributed by atoms with E-state index in [1.165, 1.54) is 6.07 Å². The maximum atomic E-state index is 12.6. The van der Waals surface area contributed by atoms with Gasteiger partial charge in [-0.15, -0.1) is 12.8 Å². The zero-order valence-electron chi connectivity index (χ0n) is 25.3. The predicted molar refractivity (Wildman–Crippen MR) is 191 cm³/mol. The first-order valence-corrected chi connectivity index (χ1v) is 16.0. The van der Waals surface area contributed by atoms with Gasteiger partial charge in [0.25, 0.3) is 0 Å². The second kappa shape index (κ2) is 15.0.